The molecule has 38 heavy (non-hydrogen) atoms. The Balaban J connectivity index is 1.73. The number of phenols is 1. The molecule has 0 bridgehead atoms. The van der Waals surface area contributed by atoms with E-state index in [-0.39, 0.29) is 11.3 Å². The molecule has 0 heterocycles. The van der Waals surface area contributed by atoms with Gasteiger partial charge < -0.3 is 36.2 Å². The quantitative estimate of drug-likeness (QED) is 0.329. The maximum absolute atomic E-state index is 13.8. The van der Waals surface area contributed by atoms with Crippen molar-refractivity contribution >= 4 is 23.2 Å². The van der Waals surface area contributed by atoms with Crippen LogP contribution in [0.4, 0.5) is 5.69 Å². The zero-order valence-corrected chi connectivity index (χ0v) is 21.0. The second-order valence-corrected chi connectivity index (χ2v) is 10.4. The molecule has 198 valence electrons. The molecule has 5 atom stereocenters. The Morgan fingerprint density at radius 3 is 2.26 bits per heavy atom. The average molecular weight is 521 g/mol. The van der Waals surface area contributed by atoms with Crippen LogP contribution in [0.25, 0.3) is 11.1 Å². The van der Waals surface area contributed by atoms with Gasteiger partial charge >= 0.3 is 0 Å². The van der Waals surface area contributed by atoms with Gasteiger partial charge in [-0.15, -0.1) is 0 Å². The van der Waals surface area contributed by atoms with Crippen molar-refractivity contribution in [2.24, 2.45) is 17.6 Å². The van der Waals surface area contributed by atoms with Gasteiger partial charge in [0.25, 0.3) is 5.91 Å². The summed E-state index contributed by atoms with van der Waals surface area (Å²) in [5.74, 6) is -8.87. The molecule has 10 nitrogen and oxygen atoms in total. The normalized spacial score (nSPS) is 28.6. The molecule has 0 saturated heterocycles. The standard InChI is InChI=1S/C28H28N2O8/c1-11-18-14(12-4-6-13(7-5-12)30(2)3)8-9-16(31)20(18)24(34)22-19(11)23(33)15-10-17(32)21(27(29)37)25(35)28(15,38)26(22)36/h4-9,11,15,19,23,31-33,36,38H,10H2,1-3H3,(H2,29,37)/t11-,15+,19+,23+,28+/m0/s1. The van der Waals surface area contributed by atoms with E-state index in [4.69, 9.17) is 5.73 Å². The molecule has 0 saturated carbocycles. The summed E-state index contributed by atoms with van der Waals surface area (Å²) in [6.07, 6.45) is -2.10. The van der Waals surface area contributed by atoms with Crippen LogP contribution in [0.15, 0.2) is 59.1 Å². The number of ketones is 2. The van der Waals surface area contributed by atoms with Crippen LogP contribution in [0.3, 0.4) is 0 Å². The van der Waals surface area contributed by atoms with E-state index in [1.807, 2.05) is 43.3 Å². The number of rotatable bonds is 3. The molecule has 2 aromatic carbocycles. The van der Waals surface area contributed by atoms with Crippen molar-refractivity contribution in [2.75, 3.05) is 19.0 Å². The van der Waals surface area contributed by atoms with Crippen molar-refractivity contribution in [1.29, 1.82) is 0 Å². The molecule has 0 radical (unpaired) electrons. The number of amides is 1. The molecule has 1 amide bonds. The molecule has 0 aliphatic heterocycles. The Hall–Kier alpha value is -4.15. The highest BCUT2D eigenvalue weighted by Crippen LogP contribution is 2.56. The topological polar surface area (TPSA) is 182 Å². The predicted molar refractivity (Wildman–Crippen MR) is 137 cm³/mol. The second-order valence-electron chi connectivity index (χ2n) is 10.4. The molecule has 7 N–H and O–H groups in total. The van der Waals surface area contributed by atoms with E-state index < -0.39 is 76.0 Å². The number of nitrogens with zero attached hydrogens (tertiary/aromatic N) is 1. The van der Waals surface area contributed by atoms with Gasteiger partial charge in [-0.1, -0.05) is 25.1 Å². The summed E-state index contributed by atoms with van der Waals surface area (Å²) in [5.41, 5.74) is 3.70. The lowest BCUT2D eigenvalue weighted by molar-refractivity contribution is -0.154. The first-order valence-corrected chi connectivity index (χ1v) is 12.1. The molecule has 0 aromatic heterocycles. The molecular formula is C28H28N2O8. The summed E-state index contributed by atoms with van der Waals surface area (Å²) in [7, 11) is 3.80. The van der Waals surface area contributed by atoms with Crippen LogP contribution in [0.1, 0.15) is 35.2 Å². The third kappa shape index (κ3) is 3.23. The van der Waals surface area contributed by atoms with E-state index >= 15 is 0 Å². The monoisotopic (exact) mass is 520 g/mol. The summed E-state index contributed by atoms with van der Waals surface area (Å²) >= 11 is 0. The molecule has 0 fully saturated rings. The van der Waals surface area contributed by atoms with E-state index in [0.717, 1.165) is 11.3 Å². The zero-order valence-electron chi connectivity index (χ0n) is 21.0. The lowest BCUT2D eigenvalue weighted by atomic mass is 9.56. The minimum absolute atomic E-state index is 0.115. The lowest BCUT2D eigenvalue weighted by Crippen LogP contribution is -2.62. The van der Waals surface area contributed by atoms with Gasteiger partial charge in [0.1, 0.15) is 22.8 Å². The van der Waals surface area contributed by atoms with E-state index in [0.29, 0.717) is 11.1 Å². The number of aliphatic hydroxyl groups is 4. The number of carbonyl (C=O) groups excluding carboxylic acids is 3. The highest BCUT2D eigenvalue weighted by Gasteiger charge is 2.64. The predicted octanol–water partition coefficient (Wildman–Crippen LogP) is 1.85. The van der Waals surface area contributed by atoms with E-state index in [1.165, 1.54) is 6.07 Å². The Bertz CT molecular complexity index is 1470. The van der Waals surface area contributed by atoms with Gasteiger partial charge in [-0.3, -0.25) is 14.4 Å². The average Bonchev–Trinajstić information content (AvgIpc) is 2.86. The van der Waals surface area contributed by atoms with Gasteiger partial charge in [-0.2, -0.15) is 0 Å². The summed E-state index contributed by atoms with van der Waals surface area (Å²) in [4.78, 5) is 40.7. The third-order valence-corrected chi connectivity index (χ3v) is 8.17. The van der Waals surface area contributed by atoms with Crippen molar-refractivity contribution < 1.29 is 39.9 Å². The summed E-state index contributed by atoms with van der Waals surface area (Å²) in [6.45, 7) is 1.71. The number of anilines is 1. The number of benzene rings is 2. The number of carbonyl (C=O) groups is 3. The summed E-state index contributed by atoms with van der Waals surface area (Å²) in [6, 6.07) is 10.6. The minimum atomic E-state index is -2.86. The Kier molecular flexibility index (Phi) is 5.66. The lowest BCUT2D eigenvalue weighted by Gasteiger charge is -2.50. The SMILES string of the molecule is C[C@H]1c2c(-c3ccc(N(C)C)cc3)ccc(O)c2C(=O)C2=C(O)[C@]3(O)C(=O)C(C(N)=O)=C(O)C[C@@H]3[C@@H](O)[C@@H]21. The maximum atomic E-state index is 13.8. The minimum Gasteiger partial charge on any atom is -0.511 e. The van der Waals surface area contributed by atoms with E-state index in [9.17, 15) is 39.9 Å². The largest absolute Gasteiger partial charge is 0.511 e. The highest BCUT2D eigenvalue weighted by atomic mass is 16.4. The number of aliphatic hydroxyl groups excluding tert-OH is 3. The molecule has 3 aliphatic rings. The van der Waals surface area contributed by atoms with Crippen LogP contribution in [0, 0.1) is 11.8 Å². The van der Waals surface area contributed by atoms with Crippen LogP contribution in [-0.4, -0.2) is 68.8 Å². The Morgan fingerprint density at radius 2 is 1.68 bits per heavy atom. The number of aromatic hydroxyl groups is 1. The number of Topliss-reactive ketones (excluding diaryl/α,β-unsaturated/α-hetero) is 2. The van der Waals surface area contributed by atoms with E-state index in [2.05, 4.69) is 0 Å². The van der Waals surface area contributed by atoms with Crippen molar-refractivity contribution in [2.45, 2.75) is 31.0 Å². The Morgan fingerprint density at radius 1 is 1.05 bits per heavy atom. The fraction of sp³-hybridized carbons (Fsp3) is 0.321. The van der Waals surface area contributed by atoms with Gasteiger partial charge in [-0.25, -0.2) is 0 Å². The number of nitrogens with two attached hydrogens (primary N) is 1. The number of fused-ring (bicyclic) bond motifs is 3. The van der Waals surface area contributed by atoms with Crippen molar-refractivity contribution in [3.05, 3.63) is 70.2 Å². The number of primary amides is 1. The molecule has 10 heteroatoms. The van der Waals surface area contributed by atoms with Crippen LogP contribution in [-0.2, 0) is 9.59 Å². The van der Waals surface area contributed by atoms with Gasteiger partial charge in [0, 0.05) is 43.6 Å². The van der Waals surface area contributed by atoms with Crippen LogP contribution in [0.5, 0.6) is 5.75 Å². The fourth-order valence-corrected chi connectivity index (χ4v) is 6.27. The molecule has 0 unspecified atom stereocenters. The number of allylic oxidation sites excluding steroid dienone is 1. The summed E-state index contributed by atoms with van der Waals surface area (Å²) in [5, 5.41) is 55.2. The number of hydrogen-bond acceptors (Lipinski definition) is 9. The third-order valence-electron chi connectivity index (χ3n) is 8.17. The molecule has 2 aromatic rings. The van der Waals surface area contributed by atoms with Crippen LogP contribution >= 0.6 is 0 Å². The smallest absolute Gasteiger partial charge is 0.255 e. The maximum Gasteiger partial charge on any atom is 0.255 e. The first kappa shape index (κ1) is 25.5. The molecular weight excluding hydrogens is 492 g/mol. The van der Waals surface area contributed by atoms with Crippen LogP contribution < -0.4 is 10.6 Å². The zero-order chi connectivity index (χ0) is 27.8. The fourth-order valence-electron chi connectivity index (χ4n) is 6.27. The first-order valence-electron chi connectivity index (χ1n) is 12.1. The number of phenolic OH excluding ortho intramolecular Hbond substituents is 1. The van der Waals surface area contributed by atoms with Crippen LogP contribution in [0.2, 0.25) is 0 Å². The van der Waals surface area contributed by atoms with Gasteiger partial charge in [0.2, 0.25) is 5.78 Å². The molecule has 3 aliphatic carbocycles. The Labute approximate surface area is 217 Å². The first-order chi connectivity index (χ1) is 17.8. The van der Waals surface area contributed by atoms with Crippen molar-refractivity contribution in [1.82, 2.24) is 0 Å². The van der Waals surface area contributed by atoms with Crippen molar-refractivity contribution in [3.63, 3.8) is 0 Å². The molecule has 5 rings (SSSR count). The van der Waals surface area contributed by atoms with Crippen molar-refractivity contribution in [3.8, 4) is 16.9 Å². The van der Waals surface area contributed by atoms with Gasteiger partial charge in [0.15, 0.2) is 11.4 Å². The highest BCUT2D eigenvalue weighted by molar-refractivity contribution is 6.24. The second kappa shape index (κ2) is 8.44. The summed E-state index contributed by atoms with van der Waals surface area (Å²) < 4.78 is 0. The van der Waals surface area contributed by atoms with E-state index in [1.54, 1.807) is 13.0 Å². The van der Waals surface area contributed by atoms with Gasteiger partial charge in [-0.05, 0) is 40.8 Å². The number of hydrogen-bond donors (Lipinski definition) is 6. The van der Waals surface area contributed by atoms with Gasteiger partial charge in [0.05, 0.1) is 11.7 Å². The molecule has 0 spiro atoms.